The molecule has 0 aromatic rings. The number of rotatable bonds is 3. The largest absolute Gasteiger partial charge is 0.401 e. The van der Waals surface area contributed by atoms with E-state index >= 15 is 0 Å². The van der Waals surface area contributed by atoms with Crippen LogP contribution in [0.1, 0.15) is 6.92 Å². The summed E-state index contributed by atoms with van der Waals surface area (Å²) in [6, 6.07) is 1.30. The van der Waals surface area contributed by atoms with Crippen LogP contribution in [0.4, 0.5) is 0 Å². The van der Waals surface area contributed by atoms with Crippen LogP contribution in [0.5, 0.6) is 0 Å². The fourth-order valence-electron chi connectivity index (χ4n) is 0.200. The Balaban J connectivity index is 3.66. The lowest BCUT2D eigenvalue weighted by Crippen LogP contribution is -2.14. The van der Waals surface area contributed by atoms with Crippen LogP contribution >= 0.6 is 0 Å². The molecule has 0 aromatic heterocycles. The Hall–Kier alpha value is -1.41. The summed E-state index contributed by atoms with van der Waals surface area (Å²) < 4.78 is 0. The number of hydrogen-bond acceptors (Lipinski definition) is 5. The third-order valence-electron chi connectivity index (χ3n) is 0.568. The average Bonchev–Trinajstić information content (AvgIpc) is 1.98. The van der Waals surface area contributed by atoms with E-state index in [4.69, 9.17) is 10.7 Å². The average molecular weight is 142 g/mol. The molecule has 0 heterocycles. The van der Waals surface area contributed by atoms with Gasteiger partial charge in [0.2, 0.25) is 5.71 Å². The van der Waals surface area contributed by atoms with Crippen molar-refractivity contribution in [3.05, 3.63) is 0 Å². The molecule has 0 saturated carbocycles. The van der Waals surface area contributed by atoms with E-state index in [1.54, 1.807) is 6.92 Å². The van der Waals surface area contributed by atoms with Crippen molar-refractivity contribution in [3.63, 3.8) is 0 Å². The van der Waals surface area contributed by atoms with E-state index in [0.717, 1.165) is 0 Å². The first-order chi connectivity index (χ1) is 4.72. The lowest BCUT2D eigenvalue weighted by atomic mass is 10.4. The van der Waals surface area contributed by atoms with Crippen molar-refractivity contribution in [1.82, 2.24) is 0 Å². The van der Waals surface area contributed by atoms with Gasteiger partial charge in [-0.25, -0.2) is 4.79 Å². The van der Waals surface area contributed by atoms with Crippen LogP contribution in [0.15, 0.2) is 0 Å². The molecule has 10 heavy (non-hydrogen) atoms. The third-order valence-corrected chi connectivity index (χ3v) is 0.568. The maximum absolute atomic E-state index is 10.3. The van der Waals surface area contributed by atoms with E-state index in [0.29, 0.717) is 0 Å². The Morgan fingerprint density at radius 3 is 2.80 bits per heavy atom. The Morgan fingerprint density at radius 1 is 1.80 bits per heavy atom. The van der Waals surface area contributed by atoms with E-state index in [1.165, 1.54) is 6.07 Å². The molecule has 1 N–H and O–H groups in total. The zero-order valence-corrected chi connectivity index (χ0v) is 5.38. The molecule has 0 atom stereocenters. The highest BCUT2D eigenvalue weighted by Crippen LogP contribution is 1.81. The van der Waals surface area contributed by atoms with Gasteiger partial charge in [0.15, 0.2) is 0 Å². The molecule has 0 bridgehead atoms. The third kappa shape index (κ3) is 2.79. The van der Waals surface area contributed by atoms with Gasteiger partial charge in [-0.15, -0.1) is 0 Å². The van der Waals surface area contributed by atoms with Crippen LogP contribution < -0.4 is 0 Å². The first-order valence-corrected chi connectivity index (χ1v) is 2.54. The smallest absolute Gasteiger partial charge is 0.290 e. The number of nitrogens with zero attached hydrogens (tertiary/aromatic N) is 1. The van der Waals surface area contributed by atoms with Gasteiger partial charge in [0, 0.05) is 0 Å². The van der Waals surface area contributed by atoms with Gasteiger partial charge in [0.05, 0.1) is 6.61 Å². The second kappa shape index (κ2) is 4.47. The molecule has 0 aliphatic carbocycles. The molecule has 0 aliphatic rings. The number of hydrogen-bond donors (Lipinski definition) is 1. The summed E-state index contributed by atoms with van der Waals surface area (Å²) in [7, 11) is 0. The second-order valence-corrected chi connectivity index (χ2v) is 1.26. The summed E-state index contributed by atoms with van der Waals surface area (Å²) in [5, 5.41) is 14.6. The number of nitriles is 1. The van der Waals surface area contributed by atoms with Crippen molar-refractivity contribution >= 4 is 11.7 Å². The molecule has 0 radical (unpaired) electrons. The van der Waals surface area contributed by atoms with Crippen LogP contribution in [-0.2, 0) is 14.6 Å². The Labute approximate surface area is 57.6 Å². The van der Waals surface area contributed by atoms with Crippen molar-refractivity contribution in [3.8, 4) is 6.07 Å². The fourth-order valence-corrected chi connectivity index (χ4v) is 0.200. The van der Waals surface area contributed by atoms with Crippen LogP contribution in [0.25, 0.3) is 0 Å². The van der Waals surface area contributed by atoms with Gasteiger partial charge >= 0.3 is 5.97 Å². The van der Waals surface area contributed by atoms with E-state index in [2.05, 4.69) is 9.78 Å². The lowest BCUT2D eigenvalue weighted by Gasteiger charge is -1.95. The maximum Gasteiger partial charge on any atom is 0.401 e. The summed E-state index contributed by atoms with van der Waals surface area (Å²) in [5.74, 6) is -1.07. The molecule has 0 unspecified atom stereocenters. The molecule has 0 fully saturated rings. The highest BCUT2D eigenvalue weighted by molar-refractivity contribution is 6.41. The molecule has 0 amide bonds. The first-order valence-electron chi connectivity index (χ1n) is 2.54. The molecular weight excluding hydrogens is 136 g/mol. The first kappa shape index (κ1) is 8.59. The number of nitrogens with one attached hydrogen (secondary N) is 1. The quantitative estimate of drug-likeness (QED) is 0.342. The van der Waals surface area contributed by atoms with Gasteiger partial charge < -0.3 is 0 Å². The van der Waals surface area contributed by atoms with Gasteiger partial charge in [-0.3, -0.25) is 10.3 Å². The monoisotopic (exact) mass is 142 g/mol. The molecule has 54 valence electrons. The number of carbonyl (C=O) groups is 1. The van der Waals surface area contributed by atoms with Crippen molar-refractivity contribution in [2.24, 2.45) is 0 Å². The molecule has 0 spiro atoms. The van der Waals surface area contributed by atoms with Crippen LogP contribution in [-0.4, -0.2) is 18.3 Å². The zero-order chi connectivity index (χ0) is 7.98. The minimum atomic E-state index is -1.07. The maximum atomic E-state index is 10.3. The van der Waals surface area contributed by atoms with Crippen molar-refractivity contribution in [2.75, 3.05) is 6.61 Å². The minimum absolute atomic E-state index is 0.199. The van der Waals surface area contributed by atoms with Crippen LogP contribution in [0.3, 0.4) is 0 Å². The fraction of sp³-hybridized carbons (Fsp3) is 0.400. The normalized spacial score (nSPS) is 8.00. The highest BCUT2D eigenvalue weighted by atomic mass is 17.2. The van der Waals surface area contributed by atoms with Crippen LogP contribution in [0, 0.1) is 16.7 Å². The lowest BCUT2D eigenvalue weighted by molar-refractivity contribution is -0.262. The van der Waals surface area contributed by atoms with Crippen LogP contribution in [0.2, 0.25) is 0 Å². The Morgan fingerprint density at radius 2 is 2.40 bits per heavy atom. The van der Waals surface area contributed by atoms with E-state index < -0.39 is 11.7 Å². The summed E-state index contributed by atoms with van der Waals surface area (Å²) in [6.07, 6.45) is 0. The van der Waals surface area contributed by atoms with Crippen molar-refractivity contribution < 1.29 is 14.6 Å². The second-order valence-electron chi connectivity index (χ2n) is 1.26. The van der Waals surface area contributed by atoms with Crippen molar-refractivity contribution in [1.29, 1.82) is 10.7 Å². The predicted molar refractivity (Wildman–Crippen MR) is 31.1 cm³/mol. The van der Waals surface area contributed by atoms with Gasteiger partial charge in [0.25, 0.3) is 0 Å². The molecule has 0 aliphatic heterocycles. The Bertz CT molecular complexity index is 182. The van der Waals surface area contributed by atoms with E-state index in [1.807, 2.05) is 0 Å². The highest BCUT2D eigenvalue weighted by Gasteiger charge is 2.09. The summed E-state index contributed by atoms with van der Waals surface area (Å²) >= 11 is 0. The standard InChI is InChI=1S/C5H6N2O3/c1-2-9-10-5(8)4(7)3-6/h7H,2H2,1H3. The summed E-state index contributed by atoms with van der Waals surface area (Å²) in [4.78, 5) is 18.5. The van der Waals surface area contributed by atoms with E-state index in [9.17, 15) is 4.79 Å². The van der Waals surface area contributed by atoms with E-state index in [-0.39, 0.29) is 6.61 Å². The van der Waals surface area contributed by atoms with Crippen molar-refractivity contribution in [2.45, 2.75) is 6.92 Å². The zero-order valence-electron chi connectivity index (χ0n) is 5.38. The molecule has 0 aromatic carbocycles. The van der Waals surface area contributed by atoms with Gasteiger partial charge in [-0.1, -0.05) is 0 Å². The molecule has 0 saturated heterocycles. The SMILES string of the molecule is CCOOC(=O)C(=N)C#N. The predicted octanol–water partition coefficient (Wildman–Crippen LogP) is 0.0245. The molecular formula is C5H6N2O3. The number of carbonyl (C=O) groups excluding carboxylic acids is 1. The summed E-state index contributed by atoms with van der Waals surface area (Å²) in [5.41, 5.74) is -0.770. The topological polar surface area (TPSA) is 83.2 Å². The van der Waals surface area contributed by atoms with Gasteiger partial charge in [-0.2, -0.15) is 10.1 Å². The molecule has 5 heteroatoms. The molecule has 5 nitrogen and oxygen atoms in total. The van der Waals surface area contributed by atoms with Gasteiger partial charge in [0.1, 0.15) is 6.07 Å². The van der Waals surface area contributed by atoms with Gasteiger partial charge in [-0.05, 0) is 6.92 Å². The Kier molecular flexibility index (Phi) is 3.84. The molecule has 0 rings (SSSR count). The minimum Gasteiger partial charge on any atom is -0.290 e. The summed E-state index contributed by atoms with van der Waals surface area (Å²) in [6.45, 7) is 1.81.